The molecule has 98 valence electrons. The molecule has 1 rings (SSSR count). The average molecular weight is 360 g/mol. The number of Topliss-reactive ketones (excluding diaryl/α,β-unsaturated/α-hetero) is 1. The Morgan fingerprint density at radius 2 is 1.83 bits per heavy atom. The zero-order chi connectivity index (χ0) is 13.4. The third-order valence-corrected chi connectivity index (χ3v) is 3.22. The maximum absolute atomic E-state index is 11.6. The first-order chi connectivity index (χ1) is 8.63. The predicted molar refractivity (Wildman–Crippen MR) is 78.6 cm³/mol. The van der Waals surface area contributed by atoms with E-state index in [0.29, 0.717) is 12.0 Å². The molecule has 0 saturated carbocycles. The van der Waals surface area contributed by atoms with Gasteiger partial charge in [-0.1, -0.05) is 19.8 Å². The van der Waals surface area contributed by atoms with Crippen molar-refractivity contribution in [2.75, 3.05) is 6.61 Å². The summed E-state index contributed by atoms with van der Waals surface area (Å²) in [5.74, 6) is -0.447. The van der Waals surface area contributed by atoms with Crippen LogP contribution in [0.3, 0.4) is 0 Å². The Kier molecular flexibility index (Phi) is 6.93. The molecule has 0 aromatic heterocycles. The molecular formula is C14H17IO3. The smallest absolute Gasteiger partial charge is 0.338 e. The fourth-order valence-electron chi connectivity index (χ4n) is 1.46. The average Bonchev–Trinajstić information content (AvgIpc) is 2.37. The fraction of sp³-hybridized carbons (Fsp3) is 0.429. The van der Waals surface area contributed by atoms with Crippen molar-refractivity contribution < 1.29 is 14.3 Å². The van der Waals surface area contributed by atoms with E-state index in [1.807, 2.05) is 12.1 Å². The largest absolute Gasteiger partial charge is 0.454 e. The Morgan fingerprint density at radius 3 is 2.44 bits per heavy atom. The first-order valence-corrected chi connectivity index (χ1v) is 7.15. The molecule has 0 aliphatic carbocycles. The molecule has 0 heterocycles. The lowest BCUT2D eigenvalue weighted by Gasteiger charge is -2.04. The predicted octanol–water partition coefficient (Wildman–Crippen LogP) is 3.60. The summed E-state index contributed by atoms with van der Waals surface area (Å²) in [4.78, 5) is 23.0. The molecule has 18 heavy (non-hydrogen) atoms. The number of rotatable bonds is 7. The summed E-state index contributed by atoms with van der Waals surface area (Å²) < 4.78 is 6.02. The van der Waals surface area contributed by atoms with Gasteiger partial charge in [0.2, 0.25) is 0 Å². The standard InChI is InChI=1S/C14H17IO3/c1-2-3-4-5-13(16)10-18-14(17)11-6-8-12(15)9-7-11/h6-9H,2-5,10H2,1H3. The summed E-state index contributed by atoms with van der Waals surface area (Å²) in [6, 6.07) is 7.07. The van der Waals surface area contributed by atoms with Crippen LogP contribution in [-0.4, -0.2) is 18.4 Å². The Bertz CT molecular complexity index is 398. The van der Waals surface area contributed by atoms with Gasteiger partial charge in [0.25, 0.3) is 0 Å². The van der Waals surface area contributed by atoms with E-state index in [2.05, 4.69) is 29.5 Å². The highest BCUT2D eigenvalue weighted by molar-refractivity contribution is 14.1. The number of benzene rings is 1. The Balaban J connectivity index is 2.32. The monoisotopic (exact) mass is 360 g/mol. The van der Waals surface area contributed by atoms with Crippen LogP contribution in [0.25, 0.3) is 0 Å². The van der Waals surface area contributed by atoms with Gasteiger partial charge in [-0.05, 0) is 53.3 Å². The van der Waals surface area contributed by atoms with Crippen LogP contribution in [0.2, 0.25) is 0 Å². The Labute approximate surface area is 121 Å². The van der Waals surface area contributed by atoms with Crippen molar-refractivity contribution in [2.24, 2.45) is 0 Å². The van der Waals surface area contributed by atoms with E-state index < -0.39 is 5.97 Å². The van der Waals surface area contributed by atoms with E-state index in [4.69, 9.17) is 4.74 Å². The fourth-order valence-corrected chi connectivity index (χ4v) is 1.82. The van der Waals surface area contributed by atoms with Gasteiger partial charge in [0.05, 0.1) is 5.56 Å². The van der Waals surface area contributed by atoms with Gasteiger partial charge in [0.1, 0.15) is 6.61 Å². The van der Waals surface area contributed by atoms with Crippen molar-refractivity contribution in [3.05, 3.63) is 33.4 Å². The summed E-state index contributed by atoms with van der Waals surface area (Å²) in [5, 5.41) is 0. The number of carbonyl (C=O) groups is 2. The molecule has 0 unspecified atom stereocenters. The van der Waals surface area contributed by atoms with E-state index >= 15 is 0 Å². The number of hydrogen-bond acceptors (Lipinski definition) is 3. The molecular weight excluding hydrogens is 343 g/mol. The number of hydrogen-bond donors (Lipinski definition) is 0. The second-order valence-corrected chi connectivity index (χ2v) is 5.32. The summed E-state index contributed by atoms with van der Waals surface area (Å²) >= 11 is 2.16. The number of esters is 1. The highest BCUT2D eigenvalue weighted by atomic mass is 127. The molecule has 0 amide bonds. The number of halogens is 1. The van der Waals surface area contributed by atoms with Gasteiger partial charge < -0.3 is 4.74 Å². The number of ketones is 1. The van der Waals surface area contributed by atoms with Crippen molar-refractivity contribution in [2.45, 2.75) is 32.6 Å². The molecule has 0 aliphatic rings. The van der Waals surface area contributed by atoms with Crippen LogP contribution in [-0.2, 0) is 9.53 Å². The quantitative estimate of drug-likeness (QED) is 0.424. The molecule has 1 aromatic carbocycles. The normalized spacial score (nSPS) is 10.1. The van der Waals surface area contributed by atoms with Gasteiger partial charge in [-0.3, -0.25) is 4.79 Å². The zero-order valence-corrected chi connectivity index (χ0v) is 12.6. The van der Waals surface area contributed by atoms with Crippen molar-refractivity contribution in [1.29, 1.82) is 0 Å². The molecule has 0 atom stereocenters. The second-order valence-electron chi connectivity index (χ2n) is 4.08. The van der Waals surface area contributed by atoms with Crippen molar-refractivity contribution in [3.63, 3.8) is 0 Å². The first kappa shape index (κ1) is 15.1. The molecule has 0 N–H and O–H groups in total. The minimum absolute atomic E-state index is 0.0117. The Hall–Kier alpha value is -0.910. The highest BCUT2D eigenvalue weighted by Gasteiger charge is 2.09. The minimum atomic E-state index is -0.435. The summed E-state index contributed by atoms with van der Waals surface area (Å²) in [6.45, 7) is 1.97. The lowest BCUT2D eigenvalue weighted by Crippen LogP contribution is -2.13. The number of unbranched alkanes of at least 4 members (excludes halogenated alkanes) is 2. The SMILES string of the molecule is CCCCCC(=O)COC(=O)c1ccc(I)cc1. The van der Waals surface area contributed by atoms with Crippen LogP contribution in [0.15, 0.2) is 24.3 Å². The van der Waals surface area contributed by atoms with E-state index in [0.717, 1.165) is 22.8 Å². The van der Waals surface area contributed by atoms with Gasteiger partial charge in [-0.2, -0.15) is 0 Å². The third-order valence-electron chi connectivity index (χ3n) is 2.50. The van der Waals surface area contributed by atoms with Crippen LogP contribution in [0.4, 0.5) is 0 Å². The van der Waals surface area contributed by atoms with Crippen LogP contribution >= 0.6 is 22.6 Å². The minimum Gasteiger partial charge on any atom is -0.454 e. The van der Waals surface area contributed by atoms with Crippen LogP contribution in [0, 0.1) is 3.57 Å². The summed E-state index contributed by atoms with van der Waals surface area (Å²) in [6.07, 6.45) is 3.48. The topological polar surface area (TPSA) is 43.4 Å². The van der Waals surface area contributed by atoms with Gasteiger partial charge >= 0.3 is 5.97 Å². The summed E-state index contributed by atoms with van der Waals surface area (Å²) in [7, 11) is 0. The van der Waals surface area contributed by atoms with Crippen molar-refractivity contribution >= 4 is 34.3 Å². The second kappa shape index (κ2) is 8.24. The molecule has 0 saturated heterocycles. The molecule has 0 fully saturated rings. The molecule has 0 aliphatic heterocycles. The number of carbonyl (C=O) groups excluding carboxylic acids is 2. The molecule has 0 spiro atoms. The van der Waals surface area contributed by atoms with Gasteiger partial charge in [-0.25, -0.2) is 4.79 Å². The van der Waals surface area contributed by atoms with Crippen molar-refractivity contribution in [1.82, 2.24) is 0 Å². The zero-order valence-electron chi connectivity index (χ0n) is 10.4. The number of ether oxygens (including phenoxy) is 1. The lowest BCUT2D eigenvalue weighted by molar-refractivity contribution is -0.122. The van der Waals surface area contributed by atoms with Crippen LogP contribution in [0.5, 0.6) is 0 Å². The molecule has 4 heteroatoms. The summed E-state index contributed by atoms with van der Waals surface area (Å²) in [5.41, 5.74) is 0.483. The lowest BCUT2D eigenvalue weighted by atomic mass is 10.1. The molecule has 0 radical (unpaired) electrons. The molecule has 1 aromatic rings. The first-order valence-electron chi connectivity index (χ1n) is 6.08. The molecule has 3 nitrogen and oxygen atoms in total. The van der Waals surface area contributed by atoms with Gasteiger partial charge in [0, 0.05) is 9.99 Å². The third kappa shape index (κ3) is 5.62. The van der Waals surface area contributed by atoms with E-state index in [1.165, 1.54) is 0 Å². The van der Waals surface area contributed by atoms with Gasteiger partial charge in [-0.15, -0.1) is 0 Å². The highest BCUT2D eigenvalue weighted by Crippen LogP contribution is 2.08. The van der Waals surface area contributed by atoms with Crippen LogP contribution in [0.1, 0.15) is 43.0 Å². The van der Waals surface area contributed by atoms with E-state index in [-0.39, 0.29) is 12.4 Å². The van der Waals surface area contributed by atoms with E-state index in [1.54, 1.807) is 12.1 Å². The van der Waals surface area contributed by atoms with E-state index in [9.17, 15) is 9.59 Å². The molecule has 0 bridgehead atoms. The maximum Gasteiger partial charge on any atom is 0.338 e. The maximum atomic E-state index is 11.6. The van der Waals surface area contributed by atoms with Crippen LogP contribution < -0.4 is 0 Å². The van der Waals surface area contributed by atoms with Crippen molar-refractivity contribution in [3.8, 4) is 0 Å². The Morgan fingerprint density at radius 1 is 1.17 bits per heavy atom. The van der Waals surface area contributed by atoms with Gasteiger partial charge in [0.15, 0.2) is 5.78 Å².